The van der Waals surface area contributed by atoms with Crippen molar-refractivity contribution < 1.29 is 15.0 Å². The smallest absolute Gasteiger partial charge is 0.220 e. The molecule has 7 heteroatoms. The maximum Gasteiger partial charge on any atom is 0.220 e. The maximum absolute atomic E-state index is 10.6. The van der Waals surface area contributed by atoms with Crippen LogP contribution in [0, 0.1) is 0 Å². The molecular formula is C9H12ClN3O3. The first-order chi connectivity index (χ1) is 7.41. The number of rotatable bonds is 4. The molecule has 0 aliphatic carbocycles. The largest absolute Gasteiger partial charge is 0.396 e. The average Bonchev–Trinajstić information content (AvgIpc) is 2.20. The minimum atomic E-state index is -1.33. The summed E-state index contributed by atoms with van der Waals surface area (Å²) in [6, 6.07) is 2.86. The number of aliphatic hydroxyl groups is 2. The topological polar surface area (TPSA) is 122 Å². The molecule has 1 heterocycles. The van der Waals surface area contributed by atoms with Crippen LogP contribution in [0.5, 0.6) is 0 Å². The van der Waals surface area contributed by atoms with Crippen LogP contribution in [0.3, 0.4) is 0 Å². The van der Waals surface area contributed by atoms with Crippen LogP contribution >= 0.6 is 11.6 Å². The molecule has 0 fully saturated rings. The second-order valence-electron chi connectivity index (χ2n) is 3.30. The van der Waals surface area contributed by atoms with Gasteiger partial charge in [-0.2, -0.15) is 0 Å². The number of nitrogens with zero attached hydrogens (tertiary/aromatic N) is 1. The van der Waals surface area contributed by atoms with Gasteiger partial charge in [0.1, 0.15) is 6.10 Å². The summed E-state index contributed by atoms with van der Waals surface area (Å²) in [6.45, 7) is 0. The first-order valence-corrected chi connectivity index (χ1v) is 4.86. The lowest BCUT2D eigenvalue weighted by Crippen LogP contribution is -2.26. The van der Waals surface area contributed by atoms with Crippen LogP contribution in [-0.4, -0.2) is 27.2 Å². The molecule has 1 rings (SSSR count). The van der Waals surface area contributed by atoms with Crippen molar-refractivity contribution in [3.05, 3.63) is 23.0 Å². The van der Waals surface area contributed by atoms with Gasteiger partial charge in [-0.25, -0.2) is 4.98 Å². The van der Waals surface area contributed by atoms with Crippen molar-refractivity contribution in [2.45, 2.75) is 18.6 Å². The fourth-order valence-electron chi connectivity index (χ4n) is 1.14. The zero-order valence-electron chi connectivity index (χ0n) is 8.30. The van der Waals surface area contributed by atoms with Crippen molar-refractivity contribution in [3.8, 4) is 0 Å². The molecule has 2 unspecified atom stereocenters. The second kappa shape index (κ2) is 5.11. The van der Waals surface area contributed by atoms with Gasteiger partial charge in [0.05, 0.1) is 23.9 Å². The monoisotopic (exact) mass is 245 g/mol. The Hall–Kier alpha value is -1.37. The Bertz CT molecular complexity index is 400. The van der Waals surface area contributed by atoms with Gasteiger partial charge in [0.25, 0.3) is 0 Å². The molecular weight excluding hydrogens is 234 g/mol. The number of nitrogens with two attached hydrogens (primary N) is 2. The highest BCUT2D eigenvalue weighted by molar-refractivity contribution is 6.31. The quantitative estimate of drug-likeness (QED) is 0.537. The van der Waals surface area contributed by atoms with Crippen LogP contribution in [0.15, 0.2) is 12.1 Å². The number of nitrogen functional groups attached to an aromatic ring is 1. The van der Waals surface area contributed by atoms with Crippen LogP contribution in [-0.2, 0) is 4.79 Å². The van der Waals surface area contributed by atoms with E-state index in [0.29, 0.717) is 0 Å². The first-order valence-electron chi connectivity index (χ1n) is 4.48. The molecule has 6 N–H and O–H groups in total. The Balaban J connectivity index is 2.83. The van der Waals surface area contributed by atoms with E-state index in [1.165, 1.54) is 12.1 Å². The molecule has 16 heavy (non-hydrogen) atoms. The van der Waals surface area contributed by atoms with E-state index in [9.17, 15) is 15.0 Å². The number of carbonyl (C=O) groups is 1. The average molecular weight is 246 g/mol. The number of primary amides is 1. The summed E-state index contributed by atoms with van der Waals surface area (Å²) in [5.74, 6) is -0.715. The molecule has 0 spiro atoms. The molecule has 1 amide bonds. The minimum absolute atomic E-state index is 0.0304. The van der Waals surface area contributed by atoms with Gasteiger partial charge in [-0.1, -0.05) is 11.6 Å². The lowest BCUT2D eigenvalue weighted by atomic mass is 10.1. The zero-order valence-corrected chi connectivity index (χ0v) is 9.05. The summed E-state index contributed by atoms with van der Waals surface area (Å²) in [7, 11) is 0. The van der Waals surface area contributed by atoms with Crippen LogP contribution in [0.4, 0.5) is 5.69 Å². The second-order valence-corrected chi connectivity index (χ2v) is 3.66. The van der Waals surface area contributed by atoms with Gasteiger partial charge >= 0.3 is 0 Å². The van der Waals surface area contributed by atoms with Crippen LogP contribution in [0.25, 0.3) is 0 Å². The van der Waals surface area contributed by atoms with Gasteiger partial charge in [0, 0.05) is 0 Å². The summed E-state index contributed by atoms with van der Waals surface area (Å²) >= 11 is 5.65. The van der Waals surface area contributed by atoms with Crippen LogP contribution in [0.1, 0.15) is 18.2 Å². The molecule has 0 bridgehead atoms. The van der Waals surface area contributed by atoms with Gasteiger partial charge in [-0.05, 0) is 12.1 Å². The third kappa shape index (κ3) is 3.06. The number of anilines is 1. The SMILES string of the molecule is NC(=O)CC(O)C(O)c1ccc(N)c(Cl)n1. The number of carbonyl (C=O) groups excluding carboxylic acids is 1. The number of amides is 1. The maximum atomic E-state index is 10.6. The van der Waals surface area contributed by atoms with Crippen molar-refractivity contribution in [2.75, 3.05) is 5.73 Å². The molecule has 88 valence electrons. The molecule has 0 saturated carbocycles. The van der Waals surface area contributed by atoms with Gasteiger partial charge in [0.15, 0.2) is 5.15 Å². The Labute approximate surface area is 96.8 Å². The van der Waals surface area contributed by atoms with E-state index < -0.39 is 18.1 Å². The fourth-order valence-corrected chi connectivity index (χ4v) is 1.30. The van der Waals surface area contributed by atoms with Crippen molar-refractivity contribution in [3.63, 3.8) is 0 Å². The van der Waals surface area contributed by atoms with E-state index in [1.807, 2.05) is 0 Å². The van der Waals surface area contributed by atoms with E-state index in [4.69, 9.17) is 23.1 Å². The number of hydrogen-bond donors (Lipinski definition) is 4. The highest BCUT2D eigenvalue weighted by Gasteiger charge is 2.22. The van der Waals surface area contributed by atoms with Gasteiger partial charge in [-0.3, -0.25) is 4.79 Å². The molecule has 1 aromatic heterocycles. The number of pyridine rings is 1. The summed E-state index contributed by atoms with van der Waals surface area (Å²) in [5, 5.41) is 19.1. The van der Waals surface area contributed by atoms with Gasteiger partial charge in [0.2, 0.25) is 5.91 Å². The fraction of sp³-hybridized carbons (Fsp3) is 0.333. The molecule has 2 atom stereocenters. The Morgan fingerprint density at radius 2 is 2.12 bits per heavy atom. The first kappa shape index (κ1) is 12.7. The van der Waals surface area contributed by atoms with E-state index >= 15 is 0 Å². The Morgan fingerprint density at radius 3 is 2.62 bits per heavy atom. The molecule has 0 radical (unpaired) electrons. The van der Waals surface area contributed by atoms with E-state index in [2.05, 4.69) is 4.98 Å². The van der Waals surface area contributed by atoms with Crippen molar-refractivity contribution >= 4 is 23.2 Å². The minimum Gasteiger partial charge on any atom is -0.396 e. The van der Waals surface area contributed by atoms with E-state index in [-0.39, 0.29) is 23.0 Å². The number of aromatic nitrogens is 1. The van der Waals surface area contributed by atoms with Gasteiger partial charge < -0.3 is 21.7 Å². The summed E-state index contributed by atoms with van der Waals surface area (Å²) in [4.78, 5) is 14.3. The highest BCUT2D eigenvalue weighted by Crippen LogP contribution is 2.22. The highest BCUT2D eigenvalue weighted by atomic mass is 35.5. The molecule has 0 aromatic carbocycles. The predicted octanol–water partition coefficient (Wildman–Crippen LogP) is -0.413. The molecule has 1 aromatic rings. The number of halogens is 1. The summed E-state index contributed by atoms with van der Waals surface area (Å²) in [6.07, 6.45) is -3.00. The Morgan fingerprint density at radius 1 is 1.50 bits per heavy atom. The zero-order chi connectivity index (χ0) is 12.3. The molecule has 0 aliphatic heterocycles. The predicted molar refractivity (Wildman–Crippen MR) is 58.4 cm³/mol. The van der Waals surface area contributed by atoms with Crippen molar-refractivity contribution in [2.24, 2.45) is 5.73 Å². The molecule has 6 nitrogen and oxygen atoms in total. The van der Waals surface area contributed by atoms with Gasteiger partial charge in [-0.15, -0.1) is 0 Å². The third-order valence-electron chi connectivity index (χ3n) is 1.98. The van der Waals surface area contributed by atoms with Crippen molar-refractivity contribution in [1.29, 1.82) is 0 Å². The van der Waals surface area contributed by atoms with Crippen molar-refractivity contribution in [1.82, 2.24) is 4.98 Å². The molecule has 0 saturated heterocycles. The summed E-state index contributed by atoms with van der Waals surface area (Å²) < 4.78 is 0. The van der Waals surface area contributed by atoms with Crippen LogP contribution < -0.4 is 11.5 Å². The summed E-state index contributed by atoms with van der Waals surface area (Å²) in [5.41, 5.74) is 10.7. The Kier molecular flexibility index (Phi) is 4.05. The number of hydrogen-bond acceptors (Lipinski definition) is 5. The standard InChI is InChI=1S/C9H12ClN3O3/c10-9-4(11)1-2-5(13-9)8(16)6(14)3-7(12)15/h1-2,6,8,14,16H,3,11H2,(H2,12,15). The lowest BCUT2D eigenvalue weighted by Gasteiger charge is -2.16. The third-order valence-corrected chi connectivity index (χ3v) is 2.28. The number of aliphatic hydroxyl groups excluding tert-OH is 2. The normalized spacial score (nSPS) is 14.4. The van der Waals surface area contributed by atoms with Crippen LogP contribution in [0.2, 0.25) is 5.15 Å². The lowest BCUT2D eigenvalue weighted by molar-refractivity contribution is -0.121. The van der Waals surface area contributed by atoms with E-state index in [1.54, 1.807) is 0 Å². The molecule has 0 aliphatic rings. The van der Waals surface area contributed by atoms with E-state index in [0.717, 1.165) is 0 Å².